The van der Waals surface area contributed by atoms with Crippen LogP contribution in [0.3, 0.4) is 0 Å². The van der Waals surface area contributed by atoms with Gasteiger partial charge < -0.3 is 0 Å². The summed E-state index contributed by atoms with van der Waals surface area (Å²) in [6.07, 6.45) is 4.15. The summed E-state index contributed by atoms with van der Waals surface area (Å²) < 4.78 is 0. The van der Waals surface area contributed by atoms with E-state index in [4.69, 9.17) is 4.84 Å². The molecule has 2 aromatic rings. The van der Waals surface area contributed by atoms with Crippen molar-refractivity contribution in [1.82, 2.24) is 9.97 Å². The fraction of sp³-hybridized carbons (Fsp3) is 0.0909. The predicted molar refractivity (Wildman–Crippen MR) is 56.5 cm³/mol. The number of hydrogen-bond acceptors (Lipinski definition) is 4. The third-order valence-electron chi connectivity index (χ3n) is 1.90. The molecule has 1 heterocycles. The van der Waals surface area contributed by atoms with Gasteiger partial charge in [0.2, 0.25) is 0 Å². The largest absolute Gasteiger partial charge is 0.270 e. The number of nitrogens with zero attached hydrogens (tertiary/aromatic N) is 3. The van der Waals surface area contributed by atoms with Gasteiger partial charge in [0.15, 0.2) is 12.1 Å². The third kappa shape index (κ3) is 2.11. The molecule has 0 aliphatic heterocycles. The van der Waals surface area contributed by atoms with E-state index in [-0.39, 0.29) is 0 Å². The minimum Gasteiger partial charge on any atom is -0.270 e. The van der Waals surface area contributed by atoms with Gasteiger partial charge in [0.1, 0.15) is 0 Å². The van der Waals surface area contributed by atoms with Crippen LogP contribution in [0, 0.1) is 6.33 Å². The maximum absolute atomic E-state index is 5.25. The van der Waals surface area contributed by atoms with E-state index >= 15 is 0 Å². The van der Waals surface area contributed by atoms with E-state index in [0.717, 1.165) is 5.69 Å². The van der Waals surface area contributed by atoms with Crippen molar-refractivity contribution in [3.05, 3.63) is 48.9 Å². The van der Waals surface area contributed by atoms with Crippen molar-refractivity contribution in [3.63, 3.8) is 0 Å². The number of rotatable bonds is 3. The first-order valence-corrected chi connectivity index (χ1v) is 4.50. The van der Waals surface area contributed by atoms with Crippen LogP contribution in [0.5, 0.6) is 0 Å². The Morgan fingerprint density at radius 1 is 1.20 bits per heavy atom. The normalized spacial score (nSPS) is 9.93. The lowest BCUT2D eigenvalue weighted by Crippen LogP contribution is -2.16. The highest BCUT2D eigenvalue weighted by Gasteiger charge is 2.08. The Balaban J connectivity index is 2.34. The van der Waals surface area contributed by atoms with Crippen molar-refractivity contribution in [2.75, 3.05) is 12.2 Å². The molecule has 0 unspecified atom stereocenters. The minimum absolute atomic E-state index is 0.652. The number of benzene rings is 1. The van der Waals surface area contributed by atoms with Crippen LogP contribution in [0.2, 0.25) is 0 Å². The van der Waals surface area contributed by atoms with Gasteiger partial charge in [-0.25, -0.2) is 15.0 Å². The Morgan fingerprint density at radius 3 is 2.60 bits per heavy atom. The fourth-order valence-corrected chi connectivity index (χ4v) is 1.26. The van der Waals surface area contributed by atoms with Gasteiger partial charge in [-0.05, 0) is 12.1 Å². The molecule has 0 aliphatic carbocycles. The smallest absolute Gasteiger partial charge is 0.199 e. The maximum atomic E-state index is 5.25. The standard InChI is InChI=1S/C11H10N3O/c1-15-14(10-5-3-2-4-6-10)11-7-8-12-9-13-11/h2-8H,1H3. The van der Waals surface area contributed by atoms with Crippen molar-refractivity contribution in [2.45, 2.75) is 0 Å². The van der Waals surface area contributed by atoms with Crippen LogP contribution in [0.15, 0.2) is 42.6 Å². The molecule has 75 valence electrons. The summed E-state index contributed by atoms with van der Waals surface area (Å²) in [5, 5.41) is 1.61. The van der Waals surface area contributed by atoms with Crippen molar-refractivity contribution in [1.29, 1.82) is 0 Å². The Bertz CT molecular complexity index is 365. The molecule has 15 heavy (non-hydrogen) atoms. The second-order valence-corrected chi connectivity index (χ2v) is 2.83. The minimum atomic E-state index is 0.652. The van der Waals surface area contributed by atoms with Gasteiger partial charge in [0.25, 0.3) is 0 Å². The van der Waals surface area contributed by atoms with Crippen LogP contribution >= 0.6 is 0 Å². The molecular weight excluding hydrogens is 190 g/mol. The Labute approximate surface area is 88.1 Å². The number of anilines is 2. The first-order valence-electron chi connectivity index (χ1n) is 4.50. The lowest BCUT2D eigenvalue weighted by molar-refractivity contribution is 0.199. The van der Waals surface area contributed by atoms with E-state index in [0.29, 0.717) is 5.82 Å². The van der Waals surface area contributed by atoms with E-state index < -0.39 is 0 Å². The molecule has 0 aliphatic rings. The summed E-state index contributed by atoms with van der Waals surface area (Å²) >= 11 is 0. The summed E-state index contributed by atoms with van der Waals surface area (Å²) in [4.78, 5) is 13.0. The van der Waals surface area contributed by atoms with Gasteiger partial charge in [-0.3, -0.25) is 4.84 Å². The highest BCUT2D eigenvalue weighted by Crippen LogP contribution is 2.21. The average molecular weight is 200 g/mol. The van der Waals surface area contributed by atoms with Crippen LogP contribution in [0.1, 0.15) is 0 Å². The molecule has 4 heteroatoms. The first-order chi connectivity index (χ1) is 7.42. The van der Waals surface area contributed by atoms with Gasteiger partial charge in [-0.1, -0.05) is 18.2 Å². The molecule has 2 rings (SSSR count). The van der Waals surface area contributed by atoms with Crippen molar-refractivity contribution >= 4 is 11.5 Å². The van der Waals surface area contributed by atoms with Gasteiger partial charge in [0, 0.05) is 12.3 Å². The van der Waals surface area contributed by atoms with E-state index in [9.17, 15) is 0 Å². The predicted octanol–water partition coefficient (Wildman–Crippen LogP) is 1.98. The van der Waals surface area contributed by atoms with Gasteiger partial charge in [-0.15, -0.1) is 0 Å². The maximum Gasteiger partial charge on any atom is 0.199 e. The van der Waals surface area contributed by atoms with Crippen LogP contribution < -0.4 is 5.06 Å². The lowest BCUT2D eigenvalue weighted by atomic mass is 10.3. The zero-order chi connectivity index (χ0) is 10.5. The van der Waals surface area contributed by atoms with Gasteiger partial charge in [0.05, 0.1) is 12.8 Å². The number of para-hydroxylation sites is 1. The van der Waals surface area contributed by atoms with E-state index in [1.54, 1.807) is 24.4 Å². The summed E-state index contributed by atoms with van der Waals surface area (Å²) in [5.41, 5.74) is 0.909. The summed E-state index contributed by atoms with van der Waals surface area (Å²) in [5.74, 6) is 0.652. The quantitative estimate of drug-likeness (QED) is 0.710. The lowest BCUT2D eigenvalue weighted by Gasteiger charge is -2.19. The molecule has 0 spiro atoms. The molecule has 0 amide bonds. The van der Waals surface area contributed by atoms with E-state index in [2.05, 4.69) is 16.3 Å². The molecule has 0 saturated heterocycles. The second-order valence-electron chi connectivity index (χ2n) is 2.83. The highest BCUT2D eigenvalue weighted by atomic mass is 16.7. The van der Waals surface area contributed by atoms with Crippen LogP contribution in [-0.4, -0.2) is 17.1 Å². The molecule has 0 bridgehead atoms. The van der Waals surface area contributed by atoms with E-state index in [1.165, 1.54) is 0 Å². The number of hydrogen-bond donors (Lipinski definition) is 0. The van der Waals surface area contributed by atoms with Crippen molar-refractivity contribution in [2.24, 2.45) is 0 Å². The monoisotopic (exact) mass is 200 g/mol. The molecule has 0 fully saturated rings. The topological polar surface area (TPSA) is 38.2 Å². The van der Waals surface area contributed by atoms with Crippen molar-refractivity contribution in [3.8, 4) is 0 Å². The molecule has 0 N–H and O–H groups in total. The Kier molecular flexibility index (Phi) is 2.90. The Hall–Kier alpha value is -1.94. The second kappa shape index (κ2) is 4.52. The van der Waals surface area contributed by atoms with Crippen LogP contribution in [0.25, 0.3) is 0 Å². The van der Waals surface area contributed by atoms with Gasteiger partial charge in [-0.2, -0.15) is 0 Å². The summed E-state index contributed by atoms with van der Waals surface area (Å²) in [7, 11) is 1.59. The van der Waals surface area contributed by atoms with Crippen molar-refractivity contribution < 1.29 is 4.84 Å². The zero-order valence-electron chi connectivity index (χ0n) is 8.29. The number of aromatic nitrogens is 2. The fourth-order valence-electron chi connectivity index (χ4n) is 1.26. The highest BCUT2D eigenvalue weighted by molar-refractivity contribution is 5.55. The summed E-state index contributed by atoms with van der Waals surface area (Å²) in [6, 6.07) is 11.5. The molecule has 0 saturated carbocycles. The Morgan fingerprint density at radius 2 is 2.00 bits per heavy atom. The zero-order valence-corrected chi connectivity index (χ0v) is 8.29. The first kappa shape index (κ1) is 9.61. The average Bonchev–Trinajstić information content (AvgIpc) is 2.33. The summed E-state index contributed by atoms with van der Waals surface area (Å²) in [6.45, 7) is 0. The SMILES string of the molecule is CON(c1ccccc1)c1ccn[c]n1. The van der Waals surface area contributed by atoms with E-state index in [1.807, 2.05) is 30.3 Å². The third-order valence-corrected chi connectivity index (χ3v) is 1.90. The van der Waals surface area contributed by atoms with Crippen LogP contribution in [0.4, 0.5) is 11.5 Å². The molecule has 1 aromatic carbocycles. The molecule has 4 nitrogen and oxygen atoms in total. The molecule has 1 aromatic heterocycles. The molecular formula is C11H10N3O. The van der Waals surface area contributed by atoms with Gasteiger partial charge >= 0.3 is 0 Å². The molecule has 1 radical (unpaired) electrons. The molecule has 0 atom stereocenters. The van der Waals surface area contributed by atoms with Crippen LogP contribution in [-0.2, 0) is 4.84 Å².